The number of nitrogens with one attached hydrogen (secondary N) is 3. The van der Waals surface area contributed by atoms with E-state index in [-0.39, 0.29) is 6.47 Å². The smallest absolute Gasteiger partial charge is 0.290 e. The van der Waals surface area contributed by atoms with Gasteiger partial charge in [-0.05, 0) is 42.5 Å². The standard InChI is InChI=1S/C18H17N7O.CH2O2/c1-20-25-15-7-3-6-14(11-15)22-16-8-9-21-18(24-16)23-13-5-2-4-12(10-13)17(19)26;2-1-3/h2-11,25H,1H2,(H2,19,26)(H2,21,22,23,24);1H,(H,2,3). The lowest BCUT2D eigenvalue weighted by Gasteiger charge is -2.10. The van der Waals surface area contributed by atoms with Crippen molar-refractivity contribution in [2.75, 3.05) is 16.1 Å². The molecule has 148 valence electrons. The third-order valence-electron chi connectivity index (χ3n) is 3.40. The first-order chi connectivity index (χ1) is 14.0. The largest absolute Gasteiger partial charge is 0.483 e. The van der Waals surface area contributed by atoms with Crippen LogP contribution in [0.3, 0.4) is 0 Å². The van der Waals surface area contributed by atoms with Crippen LogP contribution >= 0.6 is 0 Å². The maximum Gasteiger partial charge on any atom is 0.290 e. The predicted octanol–water partition coefficient (Wildman–Crippen LogP) is 2.79. The van der Waals surface area contributed by atoms with Crippen LogP contribution in [0.4, 0.5) is 28.8 Å². The molecule has 1 heterocycles. The van der Waals surface area contributed by atoms with Gasteiger partial charge in [0.1, 0.15) is 5.82 Å². The molecule has 10 nitrogen and oxygen atoms in total. The van der Waals surface area contributed by atoms with Crippen LogP contribution in [0, 0.1) is 0 Å². The summed E-state index contributed by atoms with van der Waals surface area (Å²) in [6.07, 6.45) is 1.63. The molecule has 3 rings (SSSR count). The first-order valence-corrected chi connectivity index (χ1v) is 8.22. The van der Waals surface area contributed by atoms with E-state index in [0.29, 0.717) is 23.0 Å². The summed E-state index contributed by atoms with van der Waals surface area (Å²) in [4.78, 5) is 28.2. The van der Waals surface area contributed by atoms with Crippen LogP contribution in [0.2, 0.25) is 0 Å². The molecular weight excluding hydrogens is 374 g/mol. The molecule has 0 saturated heterocycles. The van der Waals surface area contributed by atoms with E-state index in [4.69, 9.17) is 15.6 Å². The molecule has 10 heteroatoms. The van der Waals surface area contributed by atoms with Crippen molar-refractivity contribution in [1.29, 1.82) is 0 Å². The Morgan fingerprint density at radius 3 is 2.41 bits per heavy atom. The topological polar surface area (TPSA) is 155 Å². The number of primary amides is 1. The monoisotopic (exact) mass is 393 g/mol. The zero-order valence-corrected chi connectivity index (χ0v) is 15.2. The van der Waals surface area contributed by atoms with Crippen molar-refractivity contribution < 1.29 is 14.7 Å². The highest BCUT2D eigenvalue weighted by Gasteiger charge is 2.04. The lowest BCUT2D eigenvalue weighted by molar-refractivity contribution is -0.122. The van der Waals surface area contributed by atoms with Gasteiger partial charge in [-0.2, -0.15) is 10.1 Å². The summed E-state index contributed by atoms with van der Waals surface area (Å²) >= 11 is 0. The minimum Gasteiger partial charge on any atom is -0.483 e. The summed E-state index contributed by atoms with van der Waals surface area (Å²) in [7, 11) is 0. The van der Waals surface area contributed by atoms with Gasteiger partial charge in [-0.15, -0.1) is 0 Å². The Labute approximate surface area is 166 Å². The summed E-state index contributed by atoms with van der Waals surface area (Å²) in [6.45, 7) is 3.15. The second-order valence-corrected chi connectivity index (χ2v) is 5.42. The van der Waals surface area contributed by atoms with Gasteiger partial charge in [-0.3, -0.25) is 15.0 Å². The number of nitrogens with zero attached hydrogens (tertiary/aromatic N) is 3. The van der Waals surface area contributed by atoms with E-state index < -0.39 is 5.91 Å². The number of aromatic nitrogens is 2. The van der Waals surface area contributed by atoms with E-state index in [0.717, 1.165) is 11.4 Å². The fraction of sp³-hybridized carbons (Fsp3) is 0. The zero-order valence-electron chi connectivity index (χ0n) is 15.2. The average Bonchev–Trinajstić information content (AvgIpc) is 2.70. The van der Waals surface area contributed by atoms with Gasteiger partial charge in [0, 0.05) is 29.9 Å². The van der Waals surface area contributed by atoms with Gasteiger partial charge in [0.15, 0.2) is 0 Å². The van der Waals surface area contributed by atoms with E-state index in [1.54, 1.807) is 36.5 Å². The van der Waals surface area contributed by atoms with E-state index in [1.165, 1.54) is 0 Å². The molecule has 0 fully saturated rings. The van der Waals surface area contributed by atoms with Gasteiger partial charge in [-0.25, -0.2) is 4.98 Å². The fourth-order valence-corrected chi connectivity index (χ4v) is 2.27. The van der Waals surface area contributed by atoms with E-state index in [1.807, 2.05) is 24.3 Å². The Bertz CT molecular complexity index is 995. The number of anilines is 5. The first-order valence-electron chi connectivity index (χ1n) is 8.22. The van der Waals surface area contributed by atoms with E-state index >= 15 is 0 Å². The Morgan fingerprint density at radius 1 is 1.07 bits per heavy atom. The van der Waals surface area contributed by atoms with E-state index in [9.17, 15) is 4.79 Å². The Kier molecular flexibility index (Phi) is 7.63. The first kappa shape index (κ1) is 20.8. The summed E-state index contributed by atoms with van der Waals surface area (Å²) in [6, 6.07) is 16.1. The van der Waals surface area contributed by atoms with E-state index in [2.05, 4.69) is 37.8 Å². The van der Waals surface area contributed by atoms with Gasteiger partial charge in [0.25, 0.3) is 6.47 Å². The molecule has 29 heavy (non-hydrogen) atoms. The fourth-order valence-electron chi connectivity index (χ4n) is 2.27. The predicted molar refractivity (Wildman–Crippen MR) is 112 cm³/mol. The van der Waals surface area contributed by atoms with Crippen LogP contribution in [0.5, 0.6) is 0 Å². The van der Waals surface area contributed by atoms with Gasteiger partial charge in [0.2, 0.25) is 11.9 Å². The van der Waals surface area contributed by atoms with Crippen molar-refractivity contribution in [1.82, 2.24) is 9.97 Å². The maximum absolute atomic E-state index is 11.3. The van der Waals surface area contributed by atoms with Crippen LogP contribution in [-0.2, 0) is 4.79 Å². The van der Waals surface area contributed by atoms with Crippen LogP contribution in [0.25, 0.3) is 0 Å². The number of hydrogen-bond donors (Lipinski definition) is 5. The highest BCUT2D eigenvalue weighted by Crippen LogP contribution is 2.20. The van der Waals surface area contributed by atoms with Crippen molar-refractivity contribution in [2.45, 2.75) is 0 Å². The highest BCUT2D eigenvalue weighted by atomic mass is 16.3. The molecule has 0 atom stereocenters. The molecule has 0 spiro atoms. The summed E-state index contributed by atoms with van der Waals surface area (Å²) in [5.41, 5.74) is 10.8. The lowest BCUT2D eigenvalue weighted by atomic mass is 10.2. The molecule has 0 aliphatic rings. The Morgan fingerprint density at radius 2 is 1.72 bits per heavy atom. The van der Waals surface area contributed by atoms with Gasteiger partial charge in [0.05, 0.1) is 5.69 Å². The SMILES string of the molecule is C=NNc1cccc(Nc2ccnc(Nc3cccc(C(N)=O)c3)n2)c1.O=CO. The number of hydrogen-bond acceptors (Lipinski definition) is 8. The van der Waals surface area contributed by atoms with Crippen molar-refractivity contribution in [3.63, 3.8) is 0 Å². The molecule has 0 unspecified atom stereocenters. The summed E-state index contributed by atoms with van der Waals surface area (Å²) in [5.74, 6) is 0.503. The minimum absolute atomic E-state index is 0.250. The quantitative estimate of drug-likeness (QED) is 0.233. The molecule has 0 aliphatic heterocycles. The van der Waals surface area contributed by atoms with Crippen LogP contribution in [0.15, 0.2) is 65.9 Å². The normalized spacial score (nSPS) is 9.38. The number of hydrazone groups is 1. The number of carboxylic acid groups (broad SMARTS) is 1. The molecule has 1 amide bonds. The molecule has 6 N–H and O–H groups in total. The van der Waals surface area contributed by atoms with Crippen LogP contribution in [-0.4, -0.2) is 34.2 Å². The number of carbonyl (C=O) groups excluding carboxylic acids is 1. The highest BCUT2D eigenvalue weighted by molar-refractivity contribution is 5.93. The molecular formula is C19H19N7O3. The Balaban J connectivity index is 0.000000941. The lowest BCUT2D eigenvalue weighted by Crippen LogP contribution is -2.11. The van der Waals surface area contributed by atoms with Crippen molar-refractivity contribution in [3.8, 4) is 0 Å². The number of benzene rings is 2. The van der Waals surface area contributed by atoms with Gasteiger partial charge in [-0.1, -0.05) is 12.1 Å². The van der Waals surface area contributed by atoms with Crippen molar-refractivity contribution >= 4 is 47.9 Å². The molecule has 0 saturated carbocycles. The molecule has 0 radical (unpaired) electrons. The molecule has 3 aromatic rings. The molecule has 0 aliphatic carbocycles. The number of amides is 1. The molecule has 0 bridgehead atoms. The van der Waals surface area contributed by atoms with Crippen molar-refractivity contribution in [2.24, 2.45) is 10.8 Å². The zero-order chi connectivity index (χ0) is 21.1. The molecule has 1 aromatic heterocycles. The number of rotatable bonds is 7. The van der Waals surface area contributed by atoms with Gasteiger partial charge < -0.3 is 21.5 Å². The van der Waals surface area contributed by atoms with Crippen molar-refractivity contribution in [3.05, 3.63) is 66.4 Å². The van der Waals surface area contributed by atoms with Crippen LogP contribution < -0.4 is 21.8 Å². The maximum atomic E-state index is 11.3. The second kappa shape index (κ2) is 10.6. The average molecular weight is 393 g/mol. The molecule has 2 aromatic carbocycles. The summed E-state index contributed by atoms with van der Waals surface area (Å²) < 4.78 is 0. The van der Waals surface area contributed by atoms with Gasteiger partial charge >= 0.3 is 0 Å². The van der Waals surface area contributed by atoms with Crippen LogP contribution in [0.1, 0.15) is 10.4 Å². The Hall–Kier alpha value is -4.47. The third kappa shape index (κ3) is 6.64. The number of nitrogens with two attached hydrogens (primary N) is 1. The number of carbonyl (C=O) groups is 2. The minimum atomic E-state index is -0.493. The summed E-state index contributed by atoms with van der Waals surface area (Å²) in [5, 5.41) is 16.8. The third-order valence-corrected chi connectivity index (χ3v) is 3.40. The second-order valence-electron chi connectivity index (χ2n) is 5.42.